The van der Waals surface area contributed by atoms with Gasteiger partial charge in [0.2, 0.25) is 5.91 Å². The van der Waals surface area contributed by atoms with Crippen molar-refractivity contribution in [2.45, 2.75) is 64.3 Å². The topological polar surface area (TPSA) is 58.6 Å². The maximum Gasteiger partial charge on any atom is 0.257 e. The molecule has 2 aliphatic rings. The van der Waals surface area contributed by atoms with Gasteiger partial charge in [-0.3, -0.25) is 14.5 Å². The van der Waals surface area contributed by atoms with Gasteiger partial charge in [-0.1, -0.05) is 6.92 Å². The molecule has 27 heavy (non-hydrogen) atoms. The molecular formula is C20H26F2N2O3. The lowest BCUT2D eigenvalue weighted by Gasteiger charge is -2.43. The van der Waals surface area contributed by atoms with Crippen LogP contribution in [0.5, 0.6) is 0 Å². The molecule has 1 aromatic rings. The molecule has 0 unspecified atom stereocenters. The summed E-state index contributed by atoms with van der Waals surface area (Å²) in [5, 5.41) is 2.81. The Morgan fingerprint density at radius 2 is 1.78 bits per heavy atom. The number of benzene rings is 1. The quantitative estimate of drug-likeness (QED) is 0.876. The van der Waals surface area contributed by atoms with E-state index in [1.807, 2.05) is 13.8 Å². The van der Waals surface area contributed by atoms with E-state index in [-0.39, 0.29) is 24.1 Å². The van der Waals surface area contributed by atoms with Crippen LogP contribution in [0, 0.1) is 17.6 Å². The van der Waals surface area contributed by atoms with Crippen molar-refractivity contribution in [3.8, 4) is 0 Å². The van der Waals surface area contributed by atoms with E-state index in [0.29, 0.717) is 18.8 Å². The number of nitrogens with one attached hydrogen (secondary N) is 1. The van der Waals surface area contributed by atoms with E-state index in [1.165, 1.54) is 4.90 Å². The Balaban J connectivity index is 1.97. The summed E-state index contributed by atoms with van der Waals surface area (Å²) in [6, 6.07) is 1.81. The Morgan fingerprint density at radius 3 is 2.33 bits per heavy atom. The van der Waals surface area contributed by atoms with Crippen molar-refractivity contribution in [3.05, 3.63) is 35.4 Å². The molecule has 0 radical (unpaired) electrons. The molecule has 1 saturated carbocycles. The van der Waals surface area contributed by atoms with Crippen molar-refractivity contribution < 1.29 is 23.1 Å². The average Bonchev–Trinajstić information content (AvgIpc) is 2.95. The van der Waals surface area contributed by atoms with Gasteiger partial charge in [-0.25, -0.2) is 8.78 Å². The van der Waals surface area contributed by atoms with Crippen LogP contribution in [0.1, 0.15) is 56.8 Å². The van der Waals surface area contributed by atoms with Gasteiger partial charge in [-0.2, -0.15) is 0 Å². The van der Waals surface area contributed by atoms with Gasteiger partial charge >= 0.3 is 0 Å². The molecule has 1 aromatic carbocycles. The Morgan fingerprint density at radius 1 is 1.19 bits per heavy atom. The lowest BCUT2D eigenvalue weighted by atomic mass is 9.83. The third kappa shape index (κ3) is 3.98. The molecule has 1 saturated heterocycles. The van der Waals surface area contributed by atoms with Gasteiger partial charge in [0.05, 0.1) is 6.61 Å². The zero-order valence-electron chi connectivity index (χ0n) is 15.9. The normalized spacial score (nSPS) is 28.0. The lowest BCUT2D eigenvalue weighted by molar-refractivity contribution is -0.128. The highest BCUT2D eigenvalue weighted by atomic mass is 19.1. The SMILES string of the molecule is CC1CCC2(CC1)OC[C@@H](C(=O)NC(C)C)N2C(=O)c1cc(F)cc(F)c1. The fraction of sp³-hybridized carbons (Fsp3) is 0.600. The third-order valence-electron chi connectivity index (χ3n) is 5.38. The van der Waals surface area contributed by atoms with Crippen LogP contribution >= 0.6 is 0 Å². The van der Waals surface area contributed by atoms with Gasteiger partial charge < -0.3 is 10.1 Å². The van der Waals surface area contributed by atoms with Crippen LogP contribution in [0.15, 0.2) is 18.2 Å². The first-order valence-electron chi connectivity index (χ1n) is 9.46. The largest absolute Gasteiger partial charge is 0.353 e. The zero-order valence-corrected chi connectivity index (χ0v) is 15.9. The van der Waals surface area contributed by atoms with E-state index in [9.17, 15) is 18.4 Å². The second-order valence-corrected chi connectivity index (χ2v) is 7.95. The van der Waals surface area contributed by atoms with Crippen molar-refractivity contribution in [2.75, 3.05) is 6.61 Å². The van der Waals surface area contributed by atoms with Crippen molar-refractivity contribution in [3.63, 3.8) is 0 Å². The summed E-state index contributed by atoms with van der Waals surface area (Å²) >= 11 is 0. The van der Waals surface area contributed by atoms with Crippen molar-refractivity contribution in [1.29, 1.82) is 0 Å². The molecule has 148 valence electrons. The first-order valence-corrected chi connectivity index (χ1v) is 9.46. The maximum atomic E-state index is 13.7. The second-order valence-electron chi connectivity index (χ2n) is 7.95. The number of carbonyl (C=O) groups excluding carboxylic acids is 2. The number of hydrogen-bond acceptors (Lipinski definition) is 3. The highest BCUT2D eigenvalue weighted by Gasteiger charge is 2.53. The third-order valence-corrected chi connectivity index (χ3v) is 5.38. The molecule has 5 nitrogen and oxygen atoms in total. The molecule has 1 heterocycles. The Hall–Kier alpha value is -2.02. The molecule has 1 atom stereocenters. The summed E-state index contributed by atoms with van der Waals surface area (Å²) in [6.07, 6.45) is 2.92. The Labute approximate surface area is 158 Å². The maximum absolute atomic E-state index is 13.7. The van der Waals surface area contributed by atoms with E-state index < -0.39 is 29.3 Å². The summed E-state index contributed by atoms with van der Waals surface area (Å²) in [6.45, 7) is 5.88. The van der Waals surface area contributed by atoms with Crippen LogP contribution in [0.2, 0.25) is 0 Å². The molecule has 0 bridgehead atoms. The first kappa shape index (κ1) is 19.7. The average molecular weight is 380 g/mol. The minimum absolute atomic E-state index is 0.0798. The monoisotopic (exact) mass is 380 g/mol. The van der Waals surface area contributed by atoms with Gasteiger partial charge in [0, 0.05) is 17.7 Å². The Bertz CT molecular complexity index is 710. The van der Waals surface area contributed by atoms with E-state index in [4.69, 9.17) is 4.74 Å². The van der Waals surface area contributed by atoms with Crippen LogP contribution in [0.25, 0.3) is 0 Å². The van der Waals surface area contributed by atoms with Gasteiger partial charge in [0.1, 0.15) is 23.4 Å². The minimum Gasteiger partial charge on any atom is -0.353 e. The number of ether oxygens (including phenoxy) is 1. The van der Waals surface area contributed by atoms with Crippen LogP contribution in [-0.4, -0.2) is 41.1 Å². The van der Waals surface area contributed by atoms with E-state index in [2.05, 4.69) is 12.2 Å². The van der Waals surface area contributed by atoms with Gasteiger partial charge in [-0.15, -0.1) is 0 Å². The lowest BCUT2D eigenvalue weighted by Crippen LogP contribution is -2.57. The highest BCUT2D eigenvalue weighted by molar-refractivity contribution is 5.98. The van der Waals surface area contributed by atoms with Gasteiger partial charge in [0.15, 0.2) is 0 Å². The summed E-state index contributed by atoms with van der Waals surface area (Å²) in [5.74, 6) is -2.04. The van der Waals surface area contributed by atoms with Gasteiger partial charge in [-0.05, 0) is 57.6 Å². The van der Waals surface area contributed by atoms with E-state index >= 15 is 0 Å². The van der Waals surface area contributed by atoms with Crippen LogP contribution in [0.3, 0.4) is 0 Å². The van der Waals surface area contributed by atoms with Crippen molar-refractivity contribution in [2.24, 2.45) is 5.92 Å². The molecular weight excluding hydrogens is 354 g/mol. The smallest absolute Gasteiger partial charge is 0.257 e. The van der Waals surface area contributed by atoms with E-state index in [0.717, 1.165) is 31.0 Å². The van der Waals surface area contributed by atoms with Crippen molar-refractivity contribution in [1.82, 2.24) is 10.2 Å². The molecule has 2 fully saturated rings. The predicted octanol–water partition coefficient (Wildman–Crippen LogP) is 3.24. The Kier molecular flexibility index (Phi) is 5.51. The first-order chi connectivity index (χ1) is 12.7. The molecule has 1 aliphatic heterocycles. The summed E-state index contributed by atoms with van der Waals surface area (Å²) in [5.41, 5.74) is -1.01. The molecule has 7 heteroatoms. The second kappa shape index (κ2) is 7.54. The molecule has 1 N–H and O–H groups in total. The molecule has 1 aliphatic carbocycles. The number of amides is 2. The summed E-state index contributed by atoms with van der Waals surface area (Å²) in [7, 11) is 0. The standard InChI is InChI=1S/C20H26F2N2O3/c1-12(2)23-18(25)17-11-27-20(6-4-13(3)5-7-20)24(17)19(26)14-8-15(21)10-16(22)9-14/h8-10,12-13,17H,4-7,11H2,1-3H3,(H,23,25)/t13?,17-,20?/m0/s1. The summed E-state index contributed by atoms with van der Waals surface area (Å²) < 4.78 is 33.4. The number of nitrogens with zero attached hydrogens (tertiary/aromatic N) is 1. The van der Waals surface area contributed by atoms with Crippen LogP contribution in [-0.2, 0) is 9.53 Å². The van der Waals surface area contributed by atoms with Crippen LogP contribution in [0.4, 0.5) is 8.78 Å². The predicted molar refractivity (Wildman–Crippen MR) is 95.9 cm³/mol. The minimum atomic E-state index is -0.897. The van der Waals surface area contributed by atoms with E-state index in [1.54, 1.807) is 0 Å². The molecule has 3 rings (SSSR count). The molecule has 1 spiro atoms. The van der Waals surface area contributed by atoms with Crippen molar-refractivity contribution >= 4 is 11.8 Å². The molecule has 2 amide bonds. The zero-order chi connectivity index (χ0) is 19.8. The fourth-order valence-corrected chi connectivity index (χ4v) is 3.98. The number of rotatable bonds is 3. The summed E-state index contributed by atoms with van der Waals surface area (Å²) in [4.78, 5) is 27.4. The number of hydrogen-bond donors (Lipinski definition) is 1. The van der Waals surface area contributed by atoms with Gasteiger partial charge in [0.25, 0.3) is 5.91 Å². The highest BCUT2D eigenvalue weighted by Crippen LogP contribution is 2.43. The fourth-order valence-electron chi connectivity index (χ4n) is 3.98. The number of carbonyl (C=O) groups is 2. The number of halogens is 2. The van der Waals surface area contributed by atoms with Crippen LogP contribution < -0.4 is 5.32 Å². The molecule has 0 aromatic heterocycles.